The van der Waals surface area contributed by atoms with Crippen LogP contribution in [0.5, 0.6) is 0 Å². The predicted octanol–water partition coefficient (Wildman–Crippen LogP) is 3.98. The SMILES string of the molecule is NCC1CCCCC1NC1CCSc2ccc(Cl)cc21. The number of hydrogen-bond donors (Lipinski definition) is 2. The minimum atomic E-state index is 0.446. The normalized spacial score (nSPS) is 30.0. The van der Waals surface area contributed by atoms with Gasteiger partial charge in [0.25, 0.3) is 0 Å². The molecule has 110 valence electrons. The molecule has 1 saturated carbocycles. The van der Waals surface area contributed by atoms with Gasteiger partial charge in [-0.1, -0.05) is 24.4 Å². The Bertz CT molecular complexity index is 466. The molecule has 3 rings (SSSR count). The fourth-order valence-corrected chi connectivity index (χ4v) is 4.79. The van der Waals surface area contributed by atoms with E-state index in [1.54, 1.807) is 0 Å². The maximum atomic E-state index is 6.18. The lowest BCUT2D eigenvalue weighted by molar-refractivity contribution is 0.244. The Morgan fingerprint density at radius 2 is 2.10 bits per heavy atom. The Kier molecular flexibility index (Phi) is 4.92. The molecule has 0 spiro atoms. The highest BCUT2D eigenvalue weighted by atomic mass is 35.5. The van der Waals surface area contributed by atoms with E-state index in [2.05, 4.69) is 17.4 Å². The summed E-state index contributed by atoms with van der Waals surface area (Å²) in [5, 5.41) is 4.73. The molecule has 0 aromatic heterocycles. The summed E-state index contributed by atoms with van der Waals surface area (Å²) in [4.78, 5) is 1.39. The second-order valence-corrected chi connectivity index (χ2v) is 7.50. The van der Waals surface area contributed by atoms with Crippen LogP contribution in [0.3, 0.4) is 0 Å². The zero-order valence-corrected chi connectivity index (χ0v) is 13.3. The Morgan fingerprint density at radius 1 is 1.25 bits per heavy atom. The van der Waals surface area contributed by atoms with Crippen LogP contribution in [-0.2, 0) is 0 Å². The molecule has 1 aromatic carbocycles. The first-order valence-corrected chi connectivity index (χ1v) is 9.02. The van der Waals surface area contributed by atoms with Gasteiger partial charge in [-0.3, -0.25) is 0 Å². The van der Waals surface area contributed by atoms with Crippen molar-refractivity contribution in [2.45, 2.75) is 49.1 Å². The largest absolute Gasteiger partial charge is 0.330 e. The molecule has 3 N–H and O–H groups in total. The molecule has 0 amide bonds. The molecule has 2 nitrogen and oxygen atoms in total. The molecule has 1 heterocycles. The summed E-state index contributed by atoms with van der Waals surface area (Å²) < 4.78 is 0. The maximum Gasteiger partial charge on any atom is 0.0410 e. The van der Waals surface area contributed by atoms with Crippen LogP contribution < -0.4 is 11.1 Å². The van der Waals surface area contributed by atoms with Crippen molar-refractivity contribution < 1.29 is 0 Å². The van der Waals surface area contributed by atoms with Gasteiger partial charge in [0.05, 0.1) is 0 Å². The molecule has 3 unspecified atom stereocenters. The maximum absolute atomic E-state index is 6.18. The number of nitrogens with one attached hydrogen (secondary N) is 1. The fraction of sp³-hybridized carbons (Fsp3) is 0.625. The van der Waals surface area contributed by atoms with E-state index in [0.29, 0.717) is 18.0 Å². The standard InChI is InChI=1S/C16H23ClN2S/c17-12-5-6-16-13(9-12)15(7-8-20-16)19-14-4-2-1-3-11(14)10-18/h5-6,9,11,14-15,19H,1-4,7-8,10,18H2. The van der Waals surface area contributed by atoms with E-state index >= 15 is 0 Å². The third-order valence-electron chi connectivity index (χ3n) is 4.64. The molecular formula is C16H23ClN2S. The highest BCUT2D eigenvalue weighted by Gasteiger charge is 2.28. The first-order valence-electron chi connectivity index (χ1n) is 7.66. The average Bonchev–Trinajstić information content (AvgIpc) is 2.48. The van der Waals surface area contributed by atoms with Gasteiger partial charge in [-0.25, -0.2) is 0 Å². The third-order valence-corrected chi connectivity index (χ3v) is 6.00. The first-order chi connectivity index (χ1) is 9.78. The quantitative estimate of drug-likeness (QED) is 0.886. The van der Waals surface area contributed by atoms with Gasteiger partial charge in [-0.05, 0) is 61.2 Å². The van der Waals surface area contributed by atoms with Crippen LogP contribution in [0.1, 0.15) is 43.7 Å². The lowest BCUT2D eigenvalue weighted by Crippen LogP contribution is -2.44. The van der Waals surface area contributed by atoms with Gasteiger partial charge < -0.3 is 11.1 Å². The molecule has 1 fully saturated rings. The second kappa shape index (κ2) is 6.69. The molecule has 0 radical (unpaired) electrons. The van der Waals surface area contributed by atoms with Gasteiger partial charge in [-0.15, -0.1) is 11.8 Å². The van der Waals surface area contributed by atoms with Gasteiger partial charge in [0.2, 0.25) is 0 Å². The summed E-state index contributed by atoms with van der Waals surface area (Å²) in [6.07, 6.45) is 6.40. The molecular weight excluding hydrogens is 288 g/mol. The monoisotopic (exact) mass is 310 g/mol. The smallest absolute Gasteiger partial charge is 0.0410 e. The van der Waals surface area contributed by atoms with Crippen molar-refractivity contribution in [1.29, 1.82) is 0 Å². The van der Waals surface area contributed by atoms with E-state index in [0.717, 1.165) is 11.6 Å². The van der Waals surface area contributed by atoms with Gasteiger partial charge >= 0.3 is 0 Å². The lowest BCUT2D eigenvalue weighted by Gasteiger charge is -2.36. The zero-order valence-electron chi connectivity index (χ0n) is 11.8. The Hall–Kier alpha value is -0.220. The minimum absolute atomic E-state index is 0.446. The van der Waals surface area contributed by atoms with Gasteiger partial charge in [-0.2, -0.15) is 0 Å². The zero-order chi connectivity index (χ0) is 13.9. The second-order valence-electron chi connectivity index (χ2n) is 5.93. The highest BCUT2D eigenvalue weighted by molar-refractivity contribution is 7.99. The van der Waals surface area contributed by atoms with Gasteiger partial charge in [0.1, 0.15) is 0 Å². The molecule has 1 aromatic rings. The van der Waals surface area contributed by atoms with Crippen LogP contribution >= 0.6 is 23.4 Å². The highest BCUT2D eigenvalue weighted by Crippen LogP contribution is 2.38. The molecule has 20 heavy (non-hydrogen) atoms. The van der Waals surface area contributed by atoms with Crippen LogP contribution in [-0.4, -0.2) is 18.3 Å². The summed E-state index contributed by atoms with van der Waals surface area (Å²) in [6, 6.07) is 7.33. The first kappa shape index (κ1) is 14.7. The van der Waals surface area contributed by atoms with Crippen LogP contribution in [0.4, 0.5) is 0 Å². The lowest BCUT2D eigenvalue weighted by atomic mass is 9.83. The van der Waals surface area contributed by atoms with E-state index in [9.17, 15) is 0 Å². The van der Waals surface area contributed by atoms with E-state index < -0.39 is 0 Å². The number of thioether (sulfide) groups is 1. The summed E-state index contributed by atoms with van der Waals surface area (Å²) in [7, 11) is 0. The summed E-state index contributed by atoms with van der Waals surface area (Å²) in [5.41, 5.74) is 7.34. The molecule has 1 aliphatic carbocycles. The number of benzene rings is 1. The van der Waals surface area contributed by atoms with Crippen molar-refractivity contribution in [2.75, 3.05) is 12.3 Å². The Balaban J connectivity index is 1.76. The number of nitrogens with two attached hydrogens (primary N) is 1. The van der Waals surface area contributed by atoms with E-state index in [4.69, 9.17) is 17.3 Å². The van der Waals surface area contributed by atoms with E-state index in [1.807, 2.05) is 17.8 Å². The van der Waals surface area contributed by atoms with Gasteiger partial charge in [0, 0.05) is 22.0 Å². The summed E-state index contributed by atoms with van der Waals surface area (Å²) in [6.45, 7) is 0.807. The predicted molar refractivity (Wildman–Crippen MR) is 87.5 cm³/mol. The van der Waals surface area contributed by atoms with Crippen molar-refractivity contribution >= 4 is 23.4 Å². The third kappa shape index (κ3) is 3.16. The summed E-state index contributed by atoms with van der Waals surface area (Å²) in [5.74, 6) is 1.83. The van der Waals surface area contributed by atoms with E-state index in [1.165, 1.54) is 48.3 Å². The average molecular weight is 311 g/mol. The number of fused-ring (bicyclic) bond motifs is 1. The molecule has 4 heteroatoms. The topological polar surface area (TPSA) is 38.0 Å². The van der Waals surface area contributed by atoms with Crippen molar-refractivity contribution in [3.8, 4) is 0 Å². The molecule has 0 bridgehead atoms. The van der Waals surface area contributed by atoms with Crippen molar-refractivity contribution in [3.63, 3.8) is 0 Å². The van der Waals surface area contributed by atoms with Gasteiger partial charge in [0.15, 0.2) is 0 Å². The van der Waals surface area contributed by atoms with Crippen molar-refractivity contribution in [3.05, 3.63) is 28.8 Å². The molecule has 2 aliphatic rings. The van der Waals surface area contributed by atoms with Crippen molar-refractivity contribution in [2.24, 2.45) is 11.7 Å². The number of halogens is 1. The van der Waals surface area contributed by atoms with Crippen molar-refractivity contribution in [1.82, 2.24) is 5.32 Å². The fourth-order valence-electron chi connectivity index (χ4n) is 3.51. The molecule has 1 aliphatic heterocycles. The number of rotatable bonds is 3. The van der Waals surface area contributed by atoms with Crippen LogP contribution in [0.15, 0.2) is 23.1 Å². The van der Waals surface area contributed by atoms with E-state index in [-0.39, 0.29) is 0 Å². The summed E-state index contributed by atoms with van der Waals surface area (Å²) >= 11 is 8.13. The number of hydrogen-bond acceptors (Lipinski definition) is 3. The van der Waals surface area contributed by atoms with Crippen LogP contribution in [0, 0.1) is 5.92 Å². The van der Waals surface area contributed by atoms with Crippen LogP contribution in [0.2, 0.25) is 5.02 Å². The Morgan fingerprint density at radius 3 is 2.95 bits per heavy atom. The minimum Gasteiger partial charge on any atom is -0.330 e. The van der Waals surface area contributed by atoms with Crippen LogP contribution in [0.25, 0.3) is 0 Å². The molecule has 0 saturated heterocycles. The molecule has 3 atom stereocenters. The Labute approximate surface area is 130 Å².